The molecule has 0 spiro atoms. The van der Waals surface area contributed by atoms with Crippen molar-refractivity contribution in [3.8, 4) is 0 Å². The lowest BCUT2D eigenvalue weighted by molar-refractivity contribution is 0.0994. The van der Waals surface area contributed by atoms with Crippen molar-refractivity contribution in [3.63, 3.8) is 0 Å². The van der Waals surface area contributed by atoms with Crippen molar-refractivity contribution in [3.05, 3.63) is 21.3 Å². The van der Waals surface area contributed by atoms with E-state index in [1.165, 1.54) is 24.2 Å². The molecule has 1 aliphatic rings. The first kappa shape index (κ1) is 9.19. The number of thiophene rings is 1. The number of carbonyl (C=O) groups is 1. The standard InChI is InChI=1S/C9H10ClNOS/c10-9-4-3-8(13-9)7(12)5-11-6-1-2-6/h3-4,6,11H,1-2,5H2. The van der Waals surface area contributed by atoms with Gasteiger partial charge < -0.3 is 5.32 Å². The lowest BCUT2D eigenvalue weighted by Gasteiger charge is -1.98. The highest BCUT2D eigenvalue weighted by molar-refractivity contribution is 7.18. The van der Waals surface area contributed by atoms with E-state index in [1.54, 1.807) is 12.1 Å². The number of carbonyl (C=O) groups excluding carboxylic acids is 1. The van der Waals surface area contributed by atoms with Gasteiger partial charge in [0, 0.05) is 6.04 Å². The van der Waals surface area contributed by atoms with Crippen LogP contribution in [-0.2, 0) is 0 Å². The molecule has 1 aromatic rings. The van der Waals surface area contributed by atoms with Gasteiger partial charge in [-0.05, 0) is 25.0 Å². The van der Waals surface area contributed by atoms with Crippen LogP contribution in [0.2, 0.25) is 4.34 Å². The maximum Gasteiger partial charge on any atom is 0.186 e. The first-order chi connectivity index (χ1) is 6.25. The second-order valence-corrected chi connectivity index (χ2v) is 4.90. The van der Waals surface area contributed by atoms with Crippen LogP contribution < -0.4 is 5.32 Å². The zero-order chi connectivity index (χ0) is 9.26. The number of hydrogen-bond acceptors (Lipinski definition) is 3. The summed E-state index contributed by atoms with van der Waals surface area (Å²) in [7, 11) is 0. The Balaban J connectivity index is 1.88. The van der Waals surface area contributed by atoms with Gasteiger partial charge in [-0.15, -0.1) is 11.3 Å². The molecule has 1 N–H and O–H groups in total. The number of rotatable bonds is 4. The van der Waals surface area contributed by atoms with Crippen molar-refractivity contribution in [2.45, 2.75) is 18.9 Å². The molecule has 0 radical (unpaired) electrons. The molecule has 1 heterocycles. The summed E-state index contributed by atoms with van der Waals surface area (Å²) in [4.78, 5) is 12.2. The van der Waals surface area contributed by atoms with Crippen LogP contribution in [0.3, 0.4) is 0 Å². The Labute approximate surface area is 85.9 Å². The highest BCUT2D eigenvalue weighted by Gasteiger charge is 2.21. The van der Waals surface area contributed by atoms with Crippen molar-refractivity contribution in [2.24, 2.45) is 0 Å². The summed E-state index contributed by atoms with van der Waals surface area (Å²) < 4.78 is 0.676. The third-order valence-corrected chi connectivity index (χ3v) is 3.25. The molecule has 0 aliphatic heterocycles. The lowest BCUT2D eigenvalue weighted by atomic mass is 10.3. The average Bonchev–Trinajstić information content (AvgIpc) is 2.84. The molecule has 0 bridgehead atoms. The largest absolute Gasteiger partial charge is 0.307 e. The molecule has 1 aliphatic carbocycles. The molecular weight excluding hydrogens is 206 g/mol. The summed E-state index contributed by atoms with van der Waals surface area (Å²) in [6.45, 7) is 0.446. The van der Waals surface area contributed by atoms with Crippen LogP contribution >= 0.6 is 22.9 Å². The van der Waals surface area contributed by atoms with E-state index in [4.69, 9.17) is 11.6 Å². The summed E-state index contributed by atoms with van der Waals surface area (Å²) >= 11 is 7.07. The number of halogens is 1. The fourth-order valence-electron chi connectivity index (χ4n) is 1.08. The van der Waals surface area contributed by atoms with E-state index in [0.717, 1.165) is 4.88 Å². The van der Waals surface area contributed by atoms with Gasteiger partial charge in [0.2, 0.25) is 0 Å². The average molecular weight is 216 g/mol. The molecule has 0 unspecified atom stereocenters. The molecule has 0 amide bonds. The summed E-state index contributed by atoms with van der Waals surface area (Å²) in [5, 5.41) is 3.18. The number of hydrogen-bond donors (Lipinski definition) is 1. The second kappa shape index (κ2) is 3.78. The Kier molecular flexibility index (Phi) is 2.67. The minimum Gasteiger partial charge on any atom is -0.307 e. The van der Waals surface area contributed by atoms with E-state index in [0.29, 0.717) is 16.9 Å². The van der Waals surface area contributed by atoms with Gasteiger partial charge >= 0.3 is 0 Å². The number of nitrogens with one attached hydrogen (secondary N) is 1. The minimum absolute atomic E-state index is 0.142. The van der Waals surface area contributed by atoms with Crippen LogP contribution in [0, 0.1) is 0 Å². The summed E-state index contributed by atoms with van der Waals surface area (Å²) in [6, 6.07) is 4.12. The Hall–Kier alpha value is -0.380. The third-order valence-electron chi connectivity index (χ3n) is 1.98. The smallest absolute Gasteiger partial charge is 0.186 e. The van der Waals surface area contributed by atoms with Crippen molar-refractivity contribution in [1.82, 2.24) is 5.32 Å². The lowest BCUT2D eigenvalue weighted by Crippen LogP contribution is -2.24. The van der Waals surface area contributed by atoms with Gasteiger partial charge in [-0.2, -0.15) is 0 Å². The zero-order valence-corrected chi connectivity index (χ0v) is 8.62. The molecule has 2 rings (SSSR count). The molecule has 0 aromatic carbocycles. The zero-order valence-electron chi connectivity index (χ0n) is 7.05. The van der Waals surface area contributed by atoms with Crippen LogP contribution in [0.1, 0.15) is 22.5 Å². The molecule has 0 saturated heterocycles. The highest BCUT2D eigenvalue weighted by Crippen LogP contribution is 2.22. The minimum atomic E-state index is 0.142. The maximum atomic E-state index is 11.5. The summed E-state index contributed by atoms with van der Waals surface area (Å²) in [5.41, 5.74) is 0. The Morgan fingerprint density at radius 2 is 2.38 bits per heavy atom. The van der Waals surface area contributed by atoms with Crippen molar-refractivity contribution in [1.29, 1.82) is 0 Å². The fraction of sp³-hybridized carbons (Fsp3) is 0.444. The normalized spacial score (nSPS) is 16.1. The molecule has 1 aromatic heterocycles. The Bertz CT molecular complexity index is 319. The monoisotopic (exact) mass is 215 g/mol. The number of ketones is 1. The molecule has 13 heavy (non-hydrogen) atoms. The first-order valence-electron chi connectivity index (χ1n) is 4.27. The molecule has 1 saturated carbocycles. The van der Waals surface area contributed by atoms with Crippen molar-refractivity contribution >= 4 is 28.7 Å². The van der Waals surface area contributed by atoms with Crippen LogP contribution in [0.15, 0.2) is 12.1 Å². The van der Waals surface area contributed by atoms with Gasteiger partial charge in [0.15, 0.2) is 5.78 Å². The Morgan fingerprint density at radius 1 is 1.62 bits per heavy atom. The van der Waals surface area contributed by atoms with Gasteiger partial charge in [-0.25, -0.2) is 0 Å². The van der Waals surface area contributed by atoms with Crippen LogP contribution in [0.4, 0.5) is 0 Å². The van der Waals surface area contributed by atoms with Gasteiger partial charge in [0.05, 0.1) is 15.8 Å². The van der Waals surface area contributed by atoms with Crippen LogP contribution in [0.5, 0.6) is 0 Å². The molecule has 0 atom stereocenters. The molecule has 2 nitrogen and oxygen atoms in total. The van der Waals surface area contributed by atoms with E-state index in [1.807, 2.05) is 0 Å². The van der Waals surface area contributed by atoms with E-state index in [9.17, 15) is 4.79 Å². The fourth-order valence-corrected chi connectivity index (χ4v) is 2.06. The summed E-state index contributed by atoms with van der Waals surface area (Å²) in [5.74, 6) is 0.142. The third kappa shape index (κ3) is 2.53. The van der Waals surface area contributed by atoms with E-state index >= 15 is 0 Å². The molecule has 4 heteroatoms. The van der Waals surface area contributed by atoms with Gasteiger partial charge in [0.1, 0.15) is 0 Å². The molecule has 70 valence electrons. The summed E-state index contributed by atoms with van der Waals surface area (Å²) in [6.07, 6.45) is 2.41. The SMILES string of the molecule is O=C(CNC1CC1)c1ccc(Cl)s1. The second-order valence-electron chi connectivity index (χ2n) is 3.18. The van der Waals surface area contributed by atoms with Crippen LogP contribution in [0.25, 0.3) is 0 Å². The van der Waals surface area contributed by atoms with Crippen LogP contribution in [-0.4, -0.2) is 18.4 Å². The van der Waals surface area contributed by atoms with E-state index in [-0.39, 0.29) is 5.78 Å². The predicted octanol–water partition coefficient (Wildman–Crippen LogP) is 2.34. The van der Waals surface area contributed by atoms with E-state index in [2.05, 4.69) is 5.32 Å². The predicted molar refractivity (Wildman–Crippen MR) is 54.7 cm³/mol. The van der Waals surface area contributed by atoms with Crippen molar-refractivity contribution in [2.75, 3.05) is 6.54 Å². The topological polar surface area (TPSA) is 29.1 Å². The van der Waals surface area contributed by atoms with Gasteiger partial charge in [0.25, 0.3) is 0 Å². The molecular formula is C9H10ClNOS. The number of Topliss-reactive ketones (excluding diaryl/α,β-unsaturated/α-hetero) is 1. The quantitative estimate of drug-likeness (QED) is 0.782. The highest BCUT2D eigenvalue weighted by atomic mass is 35.5. The Morgan fingerprint density at radius 3 is 2.92 bits per heavy atom. The van der Waals surface area contributed by atoms with Crippen molar-refractivity contribution < 1.29 is 4.79 Å². The maximum absolute atomic E-state index is 11.5. The van der Waals surface area contributed by atoms with E-state index < -0.39 is 0 Å². The first-order valence-corrected chi connectivity index (χ1v) is 5.47. The van der Waals surface area contributed by atoms with Gasteiger partial charge in [-0.3, -0.25) is 4.79 Å². The van der Waals surface area contributed by atoms with Gasteiger partial charge in [-0.1, -0.05) is 11.6 Å². The molecule has 1 fully saturated rings.